The summed E-state index contributed by atoms with van der Waals surface area (Å²) >= 11 is 0. The van der Waals surface area contributed by atoms with Crippen LogP contribution in [-0.2, 0) is 14.3 Å². The highest BCUT2D eigenvalue weighted by atomic mass is 16.5. The molecule has 3 heteroatoms. The normalized spacial score (nSPS) is 12.1. The van der Waals surface area contributed by atoms with Crippen LogP contribution in [0.5, 0.6) is 0 Å². The highest BCUT2D eigenvalue weighted by Gasteiger charge is 2.22. The predicted octanol–water partition coefficient (Wildman–Crippen LogP) is 3.39. The molecule has 0 unspecified atom stereocenters. The van der Waals surface area contributed by atoms with Crippen molar-refractivity contribution in [2.24, 2.45) is 0 Å². The minimum Gasteiger partial charge on any atom is -0.459 e. The van der Waals surface area contributed by atoms with Crippen LogP contribution in [0, 0.1) is 0 Å². The van der Waals surface area contributed by atoms with Crippen LogP contribution in [0.3, 0.4) is 0 Å². The zero-order valence-corrected chi connectivity index (χ0v) is 11.9. The van der Waals surface area contributed by atoms with E-state index in [2.05, 4.69) is 0 Å². The van der Waals surface area contributed by atoms with Gasteiger partial charge in [0.25, 0.3) is 0 Å². The summed E-state index contributed by atoms with van der Waals surface area (Å²) in [6.07, 6.45) is 0.0444. The quantitative estimate of drug-likeness (QED) is 0.353. The van der Waals surface area contributed by atoms with E-state index in [0.717, 1.165) is 5.56 Å². The minimum atomic E-state index is -0.539. The molecule has 19 heavy (non-hydrogen) atoms. The second-order valence-corrected chi connectivity index (χ2v) is 4.60. The second kappa shape index (κ2) is 6.88. The van der Waals surface area contributed by atoms with Crippen molar-refractivity contribution in [2.75, 3.05) is 0 Å². The van der Waals surface area contributed by atoms with Crippen molar-refractivity contribution in [3.05, 3.63) is 41.5 Å². The van der Waals surface area contributed by atoms with E-state index in [0.29, 0.717) is 5.57 Å². The average Bonchev–Trinajstić information content (AvgIpc) is 2.38. The zero-order valence-electron chi connectivity index (χ0n) is 11.9. The summed E-state index contributed by atoms with van der Waals surface area (Å²) < 4.78 is 5.16. The number of carbonyl (C=O) groups excluding carboxylic acids is 2. The van der Waals surface area contributed by atoms with Crippen LogP contribution < -0.4 is 0 Å². The van der Waals surface area contributed by atoms with E-state index in [4.69, 9.17) is 4.74 Å². The average molecular weight is 260 g/mol. The number of carbonyl (C=O) groups is 2. The maximum Gasteiger partial charge on any atom is 0.342 e. The van der Waals surface area contributed by atoms with Gasteiger partial charge in [0.2, 0.25) is 0 Å². The summed E-state index contributed by atoms with van der Waals surface area (Å²) in [5.41, 5.74) is 1.68. The molecule has 0 aliphatic rings. The third-order valence-corrected chi connectivity index (χ3v) is 2.73. The SMILES string of the molecule is CCC(=O)C(C(=O)OC(C)C)=C(C)c1ccccc1. The molecule has 1 aromatic rings. The largest absolute Gasteiger partial charge is 0.459 e. The predicted molar refractivity (Wildman–Crippen MR) is 75.6 cm³/mol. The van der Waals surface area contributed by atoms with Crippen molar-refractivity contribution in [3.8, 4) is 0 Å². The number of hydrogen-bond acceptors (Lipinski definition) is 3. The first-order valence-electron chi connectivity index (χ1n) is 6.47. The molecule has 0 saturated heterocycles. The third-order valence-electron chi connectivity index (χ3n) is 2.73. The van der Waals surface area contributed by atoms with Gasteiger partial charge in [0, 0.05) is 6.42 Å². The Morgan fingerprint density at radius 3 is 2.21 bits per heavy atom. The van der Waals surface area contributed by atoms with Gasteiger partial charge >= 0.3 is 5.97 Å². The van der Waals surface area contributed by atoms with Gasteiger partial charge in [0.1, 0.15) is 5.57 Å². The van der Waals surface area contributed by atoms with Gasteiger partial charge in [0.15, 0.2) is 5.78 Å². The fourth-order valence-electron chi connectivity index (χ4n) is 1.76. The van der Waals surface area contributed by atoms with Gasteiger partial charge in [-0.05, 0) is 31.9 Å². The lowest BCUT2D eigenvalue weighted by atomic mass is 9.97. The van der Waals surface area contributed by atoms with Crippen molar-refractivity contribution >= 4 is 17.3 Å². The molecule has 1 aromatic carbocycles. The monoisotopic (exact) mass is 260 g/mol. The Labute approximate surface area is 114 Å². The molecule has 0 radical (unpaired) electrons. The summed E-state index contributed by atoms with van der Waals surface area (Å²) in [7, 11) is 0. The number of rotatable bonds is 5. The number of benzene rings is 1. The molecule has 0 saturated carbocycles. The van der Waals surface area contributed by atoms with E-state index < -0.39 is 5.97 Å². The molecule has 0 bridgehead atoms. The highest BCUT2D eigenvalue weighted by molar-refractivity contribution is 6.22. The van der Waals surface area contributed by atoms with Crippen LogP contribution >= 0.6 is 0 Å². The van der Waals surface area contributed by atoms with E-state index in [1.165, 1.54) is 0 Å². The minimum absolute atomic E-state index is 0.155. The van der Waals surface area contributed by atoms with E-state index >= 15 is 0 Å². The molecule has 1 rings (SSSR count). The Bertz CT molecular complexity index is 484. The van der Waals surface area contributed by atoms with Crippen LogP contribution in [0.1, 0.15) is 39.7 Å². The van der Waals surface area contributed by atoms with Crippen LogP contribution in [-0.4, -0.2) is 17.9 Å². The number of esters is 1. The van der Waals surface area contributed by atoms with E-state index in [-0.39, 0.29) is 23.9 Å². The first kappa shape index (κ1) is 15.2. The van der Waals surface area contributed by atoms with Gasteiger partial charge in [-0.2, -0.15) is 0 Å². The van der Waals surface area contributed by atoms with Gasteiger partial charge in [-0.3, -0.25) is 4.79 Å². The van der Waals surface area contributed by atoms with Crippen molar-refractivity contribution in [1.29, 1.82) is 0 Å². The Balaban J connectivity index is 3.23. The molecule has 3 nitrogen and oxygen atoms in total. The van der Waals surface area contributed by atoms with Crippen molar-refractivity contribution in [1.82, 2.24) is 0 Å². The van der Waals surface area contributed by atoms with Crippen LogP contribution in [0.4, 0.5) is 0 Å². The summed E-state index contributed by atoms with van der Waals surface area (Å²) in [6, 6.07) is 9.40. The van der Waals surface area contributed by atoms with E-state index in [1.807, 2.05) is 30.3 Å². The smallest absolute Gasteiger partial charge is 0.342 e. The molecule has 0 N–H and O–H groups in total. The summed E-state index contributed by atoms with van der Waals surface area (Å²) in [6.45, 7) is 7.05. The molecular formula is C16H20O3. The first-order valence-corrected chi connectivity index (χ1v) is 6.47. The summed E-state index contributed by atoms with van der Waals surface area (Å²) in [4.78, 5) is 24.1. The maximum atomic E-state index is 12.1. The molecule has 0 fully saturated rings. The lowest BCUT2D eigenvalue weighted by Crippen LogP contribution is -2.20. The van der Waals surface area contributed by atoms with Crippen LogP contribution in [0.2, 0.25) is 0 Å². The van der Waals surface area contributed by atoms with E-state index in [1.54, 1.807) is 27.7 Å². The molecule has 0 aliphatic heterocycles. The zero-order chi connectivity index (χ0) is 14.4. The number of hydrogen-bond donors (Lipinski definition) is 0. The Hall–Kier alpha value is -1.90. The number of Topliss-reactive ketones (excluding diaryl/α,β-unsaturated/α-hetero) is 1. The Morgan fingerprint density at radius 1 is 1.16 bits per heavy atom. The van der Waals surface area contributed by atoms with Crippen molar-refractivity contribution in [2.45, 2.75) is 40.2 Å². The summed E-state index contributed by atoms with van der Waals surface area (Å²) in [5.74, 6) is -0.727. The van der Waals surface area contributed by atoms with Gasteiger partial charge in [-0.15, -0.1) is 0 Å². The fourth-order valence-corrected chi connectivity index (χ4v) is 1.76. The fraction of sp³-hybridized carbons (Fsp3) is 0.375. The lowest BCUT2D eigenvalue weighted by Gasteiger charge is -2.13. The highest BCUT2D eigenvalue weighted by Crippen LogP contribution is 2.21. The van der Waals surface area contributed by atoms with Gasteiger partial charge in [-0.1, -0.05) is 37.3 Å². The van der Waals surface area contributed by atoms with Gasteiger partial charge < -0.3 is 4.74 Å². The molecule has 0 spiro atoms. The number of ketones is 1. The maximum absolute atomic E-state index is 12.1. The Kier molecular flexibility index (Phi) is 5.49. The molecule has 0 atom stereocenters. The second-order valence-electron chi connectivity index (χ2n) is 4.60. The first-order chi connectivity index (χ1) is 8.97. The van der Waals surface area contributed by atoms with Crippen LogP contribution in [0.15, 0.2) is 35.9 Å². The topological polar surface area (TPSA) is 43.4 Å². The lowest BCUT2D eigenvalue weighted by molar-refractivity contribution is -0.143. The molecular weight excluding hydrogens is 240 g/mol. The molecule has 102 valence electrons. The van der Waals surface area contributed by atoms with E-state index in [9.17, 15) is 9.59 Å². The number of allylic oxidation sites excluding steroid dienone is 1. The van der Waals surface area contributed by atoms with Crippen LogP contribution in [0.25, 0.3) is 5.57 Å². The Morgan fingerprint density at radius 2 is 1.74 bits per heavy atom. The van der Waals surface area contributed by atoms with Crippen molar-refractivity contribution in [3.63, 3.8) is 0 Å². The number of ether oxygens (including phenoxy) is 1. The van der Waals surface area contributed by atoms with Gasteiger partial charge in [0.05, 0.1) is 6.10 Å². The van der Waals surface area contributed by atoms with Gasteiger partial charge in [-0.25, -0.2) is 4.79 Å². The summed E-state index contributed by atoms with van der Waals surface area (Å²) in [5, 5.41) is 0. The standard InChI is InChI=1S/C16H20O3/c1-5-14(17)15(16(18)19-11(2)3)12(4)13-9-7-6-8-10-13/h6-11H,5H2,1-4H3. The molecule has 0 aliphatic carbocycles. The molecule has 0 heterocycles. The van der Waals surface area contributed by atoms with Crippen molar-refractivity contribution < 1.29 is 14.3 Å². The molecule has 0 aromatic heterocycles. The molecule has 0 amide bonds. The third kappa shape index (κ3) is 4.05.